The number of nitrogens with zero attached hydrogens (tertiary/aromatic N) is 2. The number of nitrogens with one attached hydrogen (secondary N) is 1. The van der Waals surface area contributed by atoms with Crippen LogP contribution in [0.5, 0.6) is 11.5 Å². The summed E-state index contributed by atoms with van der Waals surface area (Å²) in [6.07, 6.45) is 4.13. The molecule has 1 aliphatic carbocycles. The van der Waals surface area contributed by atoms with Gasteiger partial charge < -0.3 is 19.7 Å². The Morgan fingerprint density at radius 3 is 1.98 bits per heavy atom. The number of carbonyl (C=O) groups excluding carboxylic acids is 2. The second kappa shape index (κ2) is 16.0. The van der Waals surface area contributed by atoms with Crippen molar-refractivity contribution in [3.63, 3.8) is 0 Å². The van der Waals surface area contributed by atoms with Gasteiger partial charge >= 0.3 is 0 Å². The molecule has 10 heteroatoms. The highest BCUT2D eigenvalue weighted by atomic mass is 32.2. The molecule has 1 atom stereocenters. The molecule has 9 nitrogen and oxygen atoms in total. The lowest BCUT2D eigenvalue weighted by Gasteiger charge is -2.34. The smallest absolute Gasteiger partial charge is 0.264 e. The van der Waals surface area contributed by atoms with Crippen LogP contribution in [0.25, 0.3) is 0 Å². The van der Waals surface area contributed by atoms with Gasteiger partial charge in [0, 0.05) is 25.1 Å². The molecule has 0 aliphatic heterocycles. The first-order valence-corrected chi connectivity index (χ1v) is 18.0. The normalized spacial score (nSPS) is 13.8. The minimum Gasteiger partial charge on any atom is -0.493 e. The van der Waals surface area contributed by atoms with Gasteiger partial charge in [0.15, 0.2) is 11.5 Å². The molecular weight excluding hydrogens is 639 g/mol. The minimum atomic E-state index is -4.32. The van der Waals surface area contributed by atoms with Gasteiger partial charge in [0.25, 0.3) is 10.0 Å². The molecule has 4 aromatic carbocycles. The number of anilines is 1. The second-order valence-corrected chi connectivity index (χ2v) is 14.4. The van der Waals surface area contributed by atoms with Crippen molar-refractivity contribution in [2.75, 3.05) is 25.1 Å². The van der Waals surface area contributed by atoms with Gasteiger partial charge in [0.05, 0.1) is 24.8 Å². The number of aryl methyl sites for hydroxylation is 2. The van der Waals surface area contributed by atoms with E-state index in [0.29, 0.717) is 11.4 Å². The lowest BCUT2D eigenvalue weighted by molar-refractivity contribution is -0.140. The number of sulfonamides is 1. The van der Waals surface area contributed by atoms with Crippen LogP contribution < -0.4 is 19.1 Å². The lowest BCUT2D eigenvalue weighted by Crippen LogP contribution is -2.54. The average Bonchev–Trinajstić information content (AvgIpc) is 3.61. The summed E-state index contributed by atoms with van der Waals surface area (Å²) in [5.74, 6) is -0.135. The Balaban J connectivity index is 1.59. The van der Waals surface area contributed by atoms with E-state index in [2.05, 4.69) is 5.32 Å². The number of hydrogen-bond acceptors (Lipinski definition) is 6. The third-order valence-electron chi connectivity index (χ3n) is 8.88. The van der Waals surface area contributed by atoms with Crippen LogP contribution in [0, 0.1) is 13.8 Å². The molecule has 1 fully saturated rings. The summed E-state index contributed by atoms with van der Waals surface area (Å²) >= 11 is 0. The first kappa shape index (κ1) is 35.5. The SMILES string of the molecule is COc1ccc(S(=O)(=O)N(CC(=O)N(Cc2ccccc2)[C@@H](Cc2ccccc2)C(=O)NC2CCCC2)c2cc(C)cc(C)c2)cc1OC. The Morgan fingerprint density at radius 1 is 0.796 bits per heavy atom. The Labute approximate surface area is 289 Å². The number of amides is 2. The van der Waals surface area contributed by atoms with E-state index < -0.39 is 28.5 Å². The van der Waals surface area contributed by atoms with Crippen LogP contribution in [-0.2, 0) is 32.6 Å². The summed E-state index contributed by atoms with van der Waals surface area (Å²) in [4.78, 5) is 30.4. The van der Waals surface area contributed by atoms with Gasteiger partial charge in [0.2, 0.25) is 11.8 Å². The van der Waals surface area contributed by atoms with Crippen LogP contribution in [0.3, 0.4) is 0 Å². The summed E-state index contributed by atoms with van der Waals surface area (Å²) in [7, 11) is -1.41. The highest BCUT2D eigenvalue weighted by Crippen LogP contribution is 2.33. The van der Waals surface area contributed by atoms with Crippen LogP contribution in [0.15, 0.2) is 102 Å². The van der Waals surface area contributed by atoms with Gasteiger partial charge in [-0.25, -0.2) is 8.42 Å². The molecule has 5 rings (SSSR count). The molecule has 0 aromatic heterocycles. The Bertz CT molecular complexity index is 1820. The van der Waals surface area contributed by atoms with Crippen molar-refractivity contribution in [3.8, 4) is 11.5 Å². The van der Waals surface area contributed by atoms with E-state index >= 15 is 0 Å². The fraction of sp³-hybridized carbons (Fsp3) is 0.333. The van der Waals surface area contributed by atoms with Gasteiger partial charge in [-0.2, -0.15) is 0 Å². The number of ether oxygens (including phenoxy) is 2. The van der Waals surface area contributed by atoms with E-state index in [1.165, 1.54) is 37.3 Å². The second-order valence-electron chi connectivity index (χ2n) is 12.6. The van der Waals surface area contributed by atoms with Crippen LogP contribution in [0.2, 0.25) is 0 Å². The molecule has 4 aromatic rings. The minimum absolute atomic E-state index is 0.0386. The molecule has 0 spiro atoms. The molecule has 0 heterocycles. The maximum Gasteiger partial charge on any atom is 0.264 e. The summed E-state index contributed by atoms with van der Waals surface area (Å²) in [6.45, 7) is 3.34. The first-order valence-electron chi connectivity index (χ1n) is 16.6. The van der Waals surface area contributed by atoms with E-state index in [9.17, 15) is 18.0 Å². The zero-order valence-corrected chi connectivity index (χ0v) is 29.4. The molecule has 49 heavy (non-hydrogen) atoms. The molecule has 0 unspecified atom stereocenters. The van der Waals surface area contributed by atoms with Crippen molar-refractivity contribution in [2.24, 2.45) is 0 Å². The van der Waals surface area contributed by atoms with Crippen molar-refractivity contribution in [2.45, 2.75) is 69.5 Å². The zero-order valence-electron chi connectivity index (χ0n) is 28.6. The highest BCUT2D eigenvalue weighted by Gasteiger charge is 2.36. The third-order valence-corrected chi connectivity index (χ3v) is 10.7. The topological polar surface area (TPSA) is 105 Å². The summed E-state index contributed by atoms with van der Waals surface area (Å²) in [6, 6.07) is 28.0. The van der Waals surface area contributed by atoms with E-state index in [1.807, 2.05) is 80.6 Å². The average molecular weight is 684 g/mol. The van der Waals surface area contributed by atoms with Gasteiger partial charge in [-0.05, 0) is 73.2 Å². The fourth-order valence-electron chi connectivity index (χ4n) is 6.43. The van der Waals surface area contributed by atoms with E-state index in [0.717, 1.165) is 52.2 Å². The lowest BCUT2D eigenvalue weighted by atomic mass is 10.0. The number of methoxy groups -OCH3 is 2. The maximum atomic E-state index is 14.8. The molecule has 0 radical (unpaired) electrons. The molecule has 1 aliphatic rings. The Morgan fingerprint density at radius 2 is 1.39 bits per heavy atom. The van der Waals surface area contributed by atoms with E-state index in [1.54, 1.807) is 12.1 Å². The van der Waals surface area contributed by atoms with Crippen molar-refractivity contribution >= 4 is 27.5 Å². The summed E-state index contributed by atoms with van der Waals surface area (Å²) < 4.78 is 41.0. The molecule has 0 saturated heterocycles. The predicted molar refractivity (Wildman–Crippen MR) is 191 cm³/mol. The van der Waals surface area contributed by atoms with E-state index in [-0.39, 0.29) is 35.6 Å². The fourth-order valence-corrected chi connectivity index (χ4v) is 7.84. The highest BCUT2D eigenvalue weighted by molar-refractivity contribution is 7.92. The summed E-state index contributed by atoms with van der Waals surface area (Å²) in [5.41, 5.74) is 3.74. The largest absolute Gasteiger partial charge is 0.493 e. The van der Waals surface area contributed by atoms with Crippen LogP contribution >= 0.6 is 0 Å². The Kier molecular flexibility index (Phi) is 11.6. The standard InChI is InChI=1S/C39H45N3O6S/c1-28-21-29(2)23-33(22-28)42(49(45,46)34-19-20-36(47-3)37(25-34)48-4)27-38(43)41(26-31-15-9-6-10-16-31)35(24-30-13-7-5-8-14-30)39(44)40-32-17-11-12-18-32/h5-10,13-16,19-23,25,32,35H,11-12,17-18,24,26-27H2,1-4H3,(H,40,44)/t35-/m0/s1. The molecular formula is C39H45N3O6S. The third kappa shape index (κ3) is 8.80. The molecule has 2 amide bonds. The van der Waals surface area contributed by atoms with Gasteiger partial charge in [-0.3, -0.25) is 13.9 Å². The number of rotatable bonds is 14. The van der Waals surface area contributed by atoms with Crippen molar-refractivity contribution in [3.05, 3.63) is 119 Å². The first-order chi connectivity index (χ1) is 23.6. The number of hydrogen-bond donors (Lipinski definition) is 1. The molecule has 1 saturated carbocycles. The van der Waals surface area contributed by atoms with E-state index in [4.69, 9.17) is 9.47 Å². The molecule has 258 valence electrons. The summed E-state index contributed by atoms with van der Waals surface area (Å²) in [5, 5.41) is 3.21. The number of benzene rings is 4. The predicted octanol–water partition coefficient (Wildman–Crippen LogP) is 6.21. The van der Waals surface area contributed by atoms with Gasteiger partial charge in [-0.1, -0.05) is 79.6 Å². The van der Waals surface area contributed by atoms with Crippen molar-refractivity contribution in [1.82, 2.24) is 10.2 Å². The molecule has 1 N–H and O–H groups in total. The maximum absolute atomic E-state index is 14.8. The van der Waals surface area contributed by atoms with Crippen LogP contribution in [-0.4, -0.2) is 58.0 Å². The monoisotopic (exact) mass is 683 g/mol. The quantitative estimate of drug-likeness (QED) is 0.169. The van der Waals surface area contributed by atoms with Gasteiger partial charge in [0.1, 0.15) is 12.6 Å². The van der Waals surface area contributed by atoms with Crippen molar-refractivity contribution < 1.29 is 27.5 Å². The van der Waals surface area contributed by atoms with Gasteiger partial charge in [-0.15, -0.1) is 0 Å². The van der Waals surface area contributed by atoms with Crippen molar-refractivity contribution in [1.29, 1.82) is 0 Å². The zero-order chi connectivity index (χ0) is 35.0. The van der Waals surface area contributed by atoms with Crippen LogP contribution in [0.4, 0.5) is 5.69 Å². The Hall–Kier alpha value is -4.83. The molecule has 0 bridgehead atoms. The van der Waals surface area contributed by atoms with Crippen LogP contribution in [0.1, 0.15) is 47.9 Å². The number of carbonyl (C=O) groups is 2.